The van der Waals surface area contributed by atoms with Crippen molar-refractivity contribution in [2.24, 2.45) is 29.4 Å². The lowest BCUT2D eigenvalue weighted by Gasteiger charge is -2.31. The molecule has 3 rings (SSSR count). The molecule has 0 aliphatic heterocycles. The average Bonchev–Trinajstić information content (AvgIpc) is 3.07. The number of carbonyl (C=O) groups is 2. The summed E-state index contributed by atoms with van der Waals surface area (Å²) in [7, 11) is 0. The van der Waals surface area contributed by atoms with Crippen molar-refractivity contribution in [3.05, 3.63) is 35.6 Å². The zero-order valence-electron chi connectivity index (χ0n) is 11.2. The minimum Gasteiger partial charge on any atom is -0.481 e. The Kier molecular flexibility index (Phi) is 3.02. The average molecular weight is 293 g/mol. The monoisotopic (exact) mass is 293 g/mol. The number of carboxylic acid groups (broad SMARTS) is 2. The molecule has 5 nitrogen and oxygen atoms in total. The van der Waals surface area contributed by atoms with Crippen LogP contribution < -0.4 is 5.73 Å². The fraction of sp³-hybridized carbons (Fsp3) is 0.467. The first-order chi connectivity index (χ1) is 9.87. The number of hydrogen-bond acceptors (Lipinski definition) is 3. The summed E-state index contributed by atoms with van der Waals surface area (Å²) in [5, 5.41) is 18.6. The topological polar surface area (TPSA) is 101 Å². The highest BCUT2D eigenvalue weighted by Gasteiger charge is 2.73. The van der Waals surface area contributed by atoms with E-state index in [1.54, 1.807) is 18.2 Å². The molecule has 0 bridgehead atoms. The third-order valence-electron chi connectivity index (χ3n) is 5.03. The van der Waals surface area contributed by atoms with Gasteiger partial charge in [0.1, 0.15) is 11.4 Å². The molecule has 0 radical (unpaired) electrons. The SMILES string of the molecule is NC1(C(=O)O)C(Cc2ccccc2F)CC2C(C(=O)O)C21. The van der Waals surface area contributed by atoms with Crippen LogP contribution in [0.5, 0.6) is 0 Å². The maximum absolute atomic E-state index is 13.7. The van der Waals surface area contributed by atoms with Crippen LogP contribution in [0, 0.1) is 29.5 Å². The largest absolute Gasteiger partial charge is 0.481 e. The van der Waals surface area contributed by atoms with E-state index in [2.05, 4.69) is 0 Å². The van der Waals surface area contributed by atoms with E-state index in [0.717, 1.165) is 0 Å². The van der Waals surface area contributed by atoms with Crippen LogP contribution in [-0.4, -0.2) is 27.7 Å². The maximum atomic E-state index is 13.7. The quantitative estimate of drug-likeness (QED) is 0.772. The van der Waals surface area contributed by atoms with Gasteiger partial charge in [0.25, 0.3) is 0 Å². The maximum Gasteiger partial charge on any atom is 0.324 e. The van der Waals surface area contributed by atoms with Gasteiger partial charge in [-0.05, 0) is 36.3 Å². The van der Waals surface area contributed by atoms with Crippen molar-refractivity contribution >= 4 is 11.9 Å². The first kappa shape index (κ1) is 14.0. The van der Waals surface area contributed by atoms with E-state index >= 15 is 0 Å². The molecule has 4 N–H and O–H groups in total. The Labute approximate surface area is 120 Å². The number of benzene rings is 1. The first-order valence-corrected chi connectivity index (χ1v) is 6.85. The number of halogens is 1. The van der Waals surface area contributed by atoms with Crippen LogP contribution in [-0.2, 0) is 16.0 Å². The molecule has 2 saturated carbocycles. The van der Waals surface area contributed by atoms with Crippen molar-refractivity contribution < 1.29 is 24.2 Å². The fourth-order valence-corrected chi connectivity index (χ4v) is 3.95. The van der Waals surface area contributed by atoms with Gasteiger partial charge in [0.05, 0.1) is 5.92 Å². The van der Waals surface area contributed by atoms with Gasteiger partial charge in [0.2, 0.25) is 0 Å². The smallest absolute Gasteiger partial charge is 0.324 e. The van der Waals surface area contributed by atoms with Crippen LogP contribution in [0.15, 0.2) is 24.3 Å². The van der Waals surface area contributed by atoms with E-state index in [1.165, 1.54) is 6.07 Å². The lowest BCUT2D eigenvalue weighted by Crippen LogP contribution is -2.55. The summed E-state index contributed by atoms with van der Waals surface area (Å²) < 4.78 is 13.7. The summed E-state index contributed by atoms with van der Waals surface area (Å²) in [6.07, 6.45) is 0.633. The Bertz CT molecular complexity index is 619. The van der Waals surface area contributed by atoms with Crippen LogP contribution in [0.3, 0.4) is 0 Å². The zero-order valence-corrected chi connectivity index (χ0v) is 11.2. The second-order valence-corrected chi connectivity index (χ2v) is 6.02. The molecule has 5 atom stereocenters. The summed E-state index contributed by atoms with van der Waals surface area (Å²) in [6.45, 7) is 0. The minimum atomic E-state index is -1.59. The van der Waals surface area contributed by atoms with E-state index in [1.807, 2.05) is 0 Å². The van der Waals surface area contributed by atoms with Gasteiger partial charge in [-0.25, -0.2) is 4.39 Å². The Hall–Kier alpha value is -1.95. The second kappa shape index (κ2) is 4.53. The van der Waals surface area contributed by atoms with Gasteiger partial charge < -0.3 is 15.9 Å². The van der Waals surface area contributed by atoms with E-state index in [9.17, 15) is 19.1 Å². The molecular formula is C15H16FNO4. The van der Waals surface area contributed by atoms with Gasteiger partial charge in [-0.1, -0.05) is 18.2 Å². The Morgan fingerprint density at radius 1 is 1.33 bits per heavy atom. The molecule has 21 heavy (non-hydrogen) atoms. The third-order valence-corrected chi connectivity index (χ3v) is 5.03. The number of fused-ring (bicyclic) bond motifs is 1. The van der Waals surface area contributed by atoms with Crippen LogP contribution in [0.1, 0.15) is 12.0 Å². The Morgan fingerprint density at radius 3 is 2.57 bits per heavy atom. The second-order valence-electron chi connectivity index (χ2n) is 6.02. The summed E-state index contributed by atoms with van der Waals surface area (Å²) in [6, 6.07) is 6.19. The molecule has 112 valence electrons. The standard InChI is InChI=1S/C15H16FNO4/c16-10-4-2-1-3-7(10)5-8-6-9-11(13(18)19)12(9)15(8,17)14(20)21/h1-4,8-9,11-12H,5-6,17H2,(H,18,19)(H,20,21). The van der Waals surface area contributed by atoms with Gasteiger partial charge in [-0.15, -0.1) is 0 Å². The molecule has 0 saturated heterocycles. The molecule has 2 aliphatic carbocycles. The van der Waals surface area contributed by atoms with Crippen molar-refractivity contribution in [2.75, 3.05) is 0 Å². The number of hydrogen-bond donors (Lipinski definition) is 3. The van der Waals surface area contributed by atoms with Crippen LogP contribution in [0.4, 0.5) is 4.39 Å². The molecule has 0 amide bonds. The van der Waals surface area contributed by atoms with Crippen LogP contribution in [0.25, 0.3) is 0 Å². The van der Waals surface area contributed by atoms with Gasteiger partial charge in [-0.3, -0.25) is 9.59 Å². The van der Waals surface area contributed by atoms with Crippen molar-refractivity contribution in [1.29, 1.82) is 0 Å². The highest BCUT2D eigenvalue weighted by atomic mass is 19.1. The molecule has 1 aromatic carbocycles. The summed E-state index contributed by atoms with van der Waals surface area (Å²) in [5.41, 5.74) is 4.91. The van der Waals surface area contributed by atoms with Crippen LogP contribution >= 0.6 is 0 Å². The van der Waals surface area contributed by atoms with E-state index in [0.29, 0.717) is 12.0 Å². The molecule has 0 aromatic heterocycles. The van der Waals surface area contributed by atoms with Crippen molar-refractivity contribution in [3.8, 4) is 0 Å². The molecule has 0 heterocycles. The lowest BCUT2D eigenvalue weighted by atomic mass is 9.78. The number of carboxylic acids is 2. The van der Waals surface area contributed by atoms with Gasteiger partial charge in [0, 0.05) is 5.92 Å². The molecular weight excluding hydrogens is 277 g/mol. The highest BCUT2D eigenvalue weighted by molar-refractivity contribution is 5.85. The van der Waals surface area contributed by atoms with E-state index in [-0.39, 0.29) is 18.2 Å². The van der Waals surface area contributed by atoms with Gasteiger partial charge >= 0.3 is 11.9 Å². The molecule has 6 heteroatoms. The summed E-state index contributed by atoms with van der Waals surface area (Å²) >= 11 is 0. The van der Waals surface area contributed by atoms with Crippen molar-refractivity contribution in [3.63, 3.8) is 0 Å². The predicted molar refractivity (Wildman–Crippen MR) is 70.9 cm³/mol. The van der Waals surface area contributed by atoms with Gasteiger partial charge in [0.15, 0.2) is 0 Å². The molecule has 2 aliphatic rings. The van der Waals surface area contributed by atoms with E-state index in [4.69, 9.17) is 10.8 Å². The normalized spacial score (nSPS) is 37.0. The van der Waals surface area contributed by atoms with E-state index < -0.39 is 35.2 Å². The van der Waals surface area contributed by atoms with Crippen molar-refractivity contribution in [1.82, 2.24) is 0 Å². The Morgan fingerprint density at radius 2 is 2.00 bits per heavy atom. The Balaban J connectivity index is 1.86. The number of nitrogens with two attached hydrogens (primary N) is 1. The van der Waals surface area contributed by atoms with Gasteiger partial charge in [-0.2, -0.15) is 0 Å². The number of rotatable bonds is 4. The molecule has 5 unspecified atom stereocenters. The van der Waals surface area contributed by atoms with Crippen molar-refractivity contribution in [2.45, 2.75) is 18.4 Å². The summed E-state index contributed by atoms with van der Waals surface area (Å²) in [5.74, 6) is -4.46. The number of aliphatic carboxylic acids is 2. The third kappa shape index (κ3) is 1.93. The zero-order chi connectivity index (χ0) is 15.4. The highest BCUT2D eigenvalue weighted by Crippen LogP contribution is 2.64. The molecule has 1 aromatic rings. The molecule has 2 fully saturated rings. The first-order valence-electron chi connectivity index (χ1n) is 6.85. The van der Waals surface area contributed by atoms with Crippen LogP contribution in [0.2, 0.25) is 0 Å². The molecule has 0 spiro atoms. The minimum absolute atomic E-state index is 0.208. The fourth-order valence-electron chi connectivity index (χ4n) is 3.95. The predicted octanol–water partition coefficient (Wildman–Crippen LogP) is 1.12. The lowest BCUT2D eigenvalue weighted by molar-refractivity contribution is -0.147. The summed E-state index contributed by atoms with van der Waals surface area (Å²) in [4.78, 5) is 22.7.